The van der Waals surface area contributed by atoms with Gasteiger partial charge in [-0.25, -0.2) is 9.18 Å². The lowest BCUT2D eigenvalue weighted by atomic mass is 9.98. The van der Waals surface area contributed by atoms with E-state index in [1.165, 1.54) is 12.1 Å². The molecule has 0 saturated carbocycles. The first-order valence-electron chi connectivity index (χ1n) is 9.47. The summed E-state index contributed by atoms with van der Waals surface area (Å²) in [5.74, 6) is -0.388. The van der Waals surface area contributed by atoms with Gasteiger partial charge >= 0.3 is 6.09 Å². The van der Waals surface area contributed by atoms with Crippen molar-refractivity contribution >= 4 is 12.4 Å². The zero-order valence-corrected chi connectivity index (χ0v) is 15.7. The fraction of sp³-hybridized carbons (Fsp3) is 0.167. The number of hydrogen-bond acceptors (Lipinski definition) is 3. The Labute approximate surface area is 168 Å². The molecule has 0 unspecified atom stereocenters. The molecule has 146 valence electrons. The minimum atomic E-state index is -0.740. The topological polar surface area (TPSA) is 55.4 Å². The number of alkyl carbamates (subject to hydrolysis) is 1. The zero-order chi connectivity index (χ0) is 20.2. The van der Waals surface area contributed by atoms with Gasteiger partial charge in [0.1, 0.15) is 18.7 Å². The summed E-state index contributed by atoms with van der Waals surface area (Å²) in [7, 11) is 0. The maximum atomic E-state index is 13.0. The molecule has 3 aromatic carbocycles. The highest BCUT2D eigenvalue weighted by Crippen LogP contribution is 2.44. The number of rotatable bonds is 6. The van der Waals surface area contributed by atoms with E-state index in [9.17, 15) is 14.0 Å². The van der Waals surface area contributed by atoms with Crippen LogP contribution in [0.2, 0.25) is 0 Å². The van der Waals surface area contributed by atoms with Gasteiger partial charge in [-0.05, 0) is 46.4 Å². The molecule has 0 bridgehead atoms. The predicted octanol–water partition coefficient (Wildman–Crippen LogP) is 4.47. The monoisotopic (exact) mass is 389 g/mol. The number of nitrogens with one attached hydrogen (secondary N) is 1. The lowest BCUT2D eigenvalue weighted by Gasteiger charge is -2.17. The number of aldehydes is 1. The molecular formula is C24H20FNO3. The summed E-state index contributed by atoms with van der Waals surface area (Å²) in [5, 5.41) is 2.58. The van der Waals surface area contributed by atoms with Crippen LogP contribution in [0, 0.1) is 5.82 Å². The summed E-state index contributed by atoms with van der Waals surface area (Å²) in [6, 6.07) is 21.3. The second kappa shape index (κ2) is 8.27. The first-order valence-corrected chi connectivity index (χ1v) is 9.47. The second-order valence-corrected chi connectivity index (χ2v) is 7.04. The number of benzene rings is 3. The Morgan fingerprint density at radius 2 is 1.55 bits per heavy atom. The molecular weight excluding hydrogens is 369 g/mol. The molecule has 1 atom stereocenters. The molecule has 0 aliphatic heterocycles. The maximum Gasteiger partial charge on any atom is 0.407 e. The van der Waals surface area contributed by atoms with Gasteiger partial charge in [0.05, 0.1) is 6.04 Å². The molecule has 1 aliphatic carbocycles. The number of carbonyl (C=O) groups excluding carboxylic acids is 2. The van der Waals surface area contributed by atoms with E-state index in [1.54, 1.807) is 12.1 Å². The van der Waals surface area contributed by atoms with Crippen LogP contribution in [-0.4, -0.2) is 25.0 Å². The van der Waals surface area contributed by atoms with Crippen molar-refractivity contribution in [1.29, 1.82) is 0 Å². The van der Waals surface area contributed by atoms with Crippen molar-refractivity contribution in [3.05, 3.63) is 95.3 Å². The van der Waals surface area contributed by atoms with Crippen LogP contribution in [0.3, 0.4) is 0 Å². The lowest BCUT2D eigenvalue weighted by molar-refractivity contribution is -0.109. The fourth-order valence-electron chi connectivity index (χ4n) is 3.80. The quantitative estimate of drug-likeness (QED) is 0.633. The van der Waals surface area contributed by atoms with Gasteiger partial charge in [-0.15, -0.1) is 0 Å². The Morgan fingerprint density at radius 1 is 0.966 bits per heavy atom. The van der Waals surface area contributed by atoms with Gasteiger partial charge in [0.15, 0.2) is 0 Å². The third kappa shape index (κ3) is 4.04. The van der Waals surface area contributed by atoms with Crippen molar-refractivity contribution in [2.75, 3.05) is 6.61 Å². The Balaban J connectivity index is 1.40. The maximum absolute atomic E-state index is 13.0. The molecule has 0 heterocycles. The first-order chi connectivity index (χ1) is 14.2. The molecule has 0 radical (unpaired) electrons. The van der Waals surface area contributed by atoms with Gasteiger partial charge in [0.2, 0.25) is 0 Å². The van der Waals surface area contributed by atoms with Crippen LogP contribution in [0.1, 0.15) is 22.6 Å². The van der Waals surface area contributed by atoms with Crippen LogP contribution >= 0.6 is 0 Å². The largest absolute Gasteiger partial charge is 0.449 e. The smallest absolute Gasteiger partial charge is 0.407 e. The van der Waals surface area contributed by atoms with Gasteiger partial charge in [0, 0.05) is 5.92 Å². The van der Waals surface area contributed by atoms with Gasteiger partial charge in [-0.1, -0.05) is 60.7 Å². The van der Waals surface area contributed by atoms with Crippen molar-refractivity contribution in [1.82, 2.24) is 5.32 Å². The summed E-state index contributed by atoms with van der Waals surface area (Å²) in [5.41, 5.74) is 5.31. The van der Waals surface area contributed by atoms with Crippen LogP contribution < -0.4 is 5.32 Å². The van der Waals surface area contributed by atoms with Crippen LogP contribution in [0.25, 0.3) is 11.1 Å². The highest BCUT2D eigenvalue weighted by atomic mass is 19.1. The molecule has 1 amide bonds. The van der Waals surface area contributed by atoms with E-state index >= 15 is 0 Å². The molecule has 0 spiro atoms. The molecule has 5 heteroatoms. The Morgan fingerprint density at radius 3 is 2.14 bits per heavy atom. The Bertz CT molecular complexity index is 987. The second-order valence-electron chi connectivity index (χ2n) is 7.04. The molecule has 1 N–H and O–H groups in total. The third-order valence-electron chi connectivity index (χ3n) is 5.18. The van der Waals surface area contributed by atoms with Crippen molar-refractivity contribution in [2.45, 2.75) is 18.4 Å². The van der Waals surface area contributed by atoms with Crippen molar-refractivity contribution < 1.29 is 18.7 Å². The van der Waals surface area contributed by atoms with Crippen LogP contribution in [-0.2, 0) is 16.0 Å². The Kier molecular flexibility index (Phi) is 5.38. The standard InChI is InChI=1S/C24H20FNO3/c25-17-11-9-16(10-12-17)13-18(14-27)26-24(28)29-15-23-21-7-3-1-5-19(21)20-6-2-4-8-22(20)23/h1-12,14,18,23H,13,15H2,(H,26,28)/t18-/m0/s1. The van der Waals surface area contributed by atoms with Gasteiger partial charge in [-0.3, -0.25) is 0 Å². The lowest BCUT2D eigenvalue weighted by Crippen LogP contribution is -2.38. The van der Waals surface area contributed by atoms with Gasteiger partial charge in [0.25, 0.3) is 0 Å². The average Bonchev–Trinajstić information content (AvgIpc) is 3.07. The number of carbonyl (C=O) groups is 2. The zero-order valence-electron chi connectivity index (χ0n) is 15.7. The molecule has 4 rings (SSSR count). The summed E-state index contributed by atoms with van der Waals surface area (Å²) in [6.45, 7) is 0.183. The van der Waals surface area contributed by atoms with E-state index < -0.39 is 12.1 Å². The van der Waals surface area contributed by atoms with Crippen LogP contribution in [0.15, 0.2) is 72.8 Å². The van der Waals surface area contributed by atoms with Crippen LogP contribution in [0.5, 0.6) is 0 Å². The molecule has 29 heavy (non-hydrogen) atoms. The van der Waals surface area contributed by atoms with E-state index in [2.05, 4.69) is 17.4 Å². The SMILES string of the molecule is O=C[C@H](Cc1ccc(F)cc1)NC(=O)OCC1c2ccccc2-c2ccccc21. The van der Waals surface area contributed by atoms with E-state index in [4.69, 9.17) is 4.74 Å². The minimum Gasteiger partial charge on any atom is -0.449 e. The predicted molar refractivity (Wildman–Crippen MR) is 108 cm³/mol. The number of fused-ring (bicyclic) bond motifs is 3. The molecule has 0 saturated heterocycles. The number of ether oxygens (including phenoxy) is 1. The van der Waals surface area contributed by atoms with Crippen LogP contribution in [0.4, 0.5) is 9.18 Å². The van der Waals surface area contributed by atoms with E-state index in [-0.39, 0.29) is 24.8 Å². The van der Waals surface area contributed by atoms with E-state index in [0.29, 0.717) is 6.29 Å². The summed E-state index contributed by atoms with van der Waals surface area (Å²) in [6.07, 6.45) is 0.282. The highest BCUT2D eigenvalue weighted by Gasteiger charge is 2.29. The summed E-state index contributed by atoms with van der Waals surface area (Å²) < 4.78 is 18.5. The van der Waals surface area contributed by atoms with Crippen molar-refractivity contribution in [3.8, 4) is 11.1 Å². The molecule has 3 aromatic rings. The molecule has 0 aromatic heterocycles. The number of amides is 1. The van der Waals surface area contributed by atoms with E-state index in [0.717, 1.165) is 27.8 Å². The van der Waals surface area contributed by atoms with Gasteiger partial charge in [-0.2, -0.15) is 0 Å². The highest BCUT2D eigenvalue weighted by molar-refractivity contribution is 5.79. The summed E-state index contributed by atoms with van der Waals surface area (Å²) >= 11 is 0. The molecule has 4 nitrogen and oxygen atoms in total. The van der Waals surface area contributed by atoms with Crippen molar-refractivity contribution in [3.63, 3.8) is 0 Å². The normalized spacial score (nSPS) is 13.3. The molecule has 0 fully saturated rings. The first kappa shape index (κ1) is 18.9. The number of halogens is 1. The van der Waals surface area contributed by atoms with Gasteiger partial charge < -0.3 is 14.8 Å². The van der Waals surface area contributed by atoms with Crippen molar-refractivity contribution in [2.24, 2.45) is 0 Å². The third-order valence-corrected chi connectivity index (χ3v) is 5.18. The Hall–Kier alpha value is -3.47. The fourth-order valence-corrected chi connectivity index (χ4v) is 3.80. The minimum absolute atomic E-state index is 0.0417. The number of hydrogen-bond donors (Lipinski definition) is 1. The van der Waals surface area contributed by atoms with E-state index in [1.807, 2.05) is 36.4 Å². The average molecular weight is 389 g/mol. The summed E-state index contributed by atoms with van der Waals surface area (Å²) in [4.78, 5) is 23.6. The molecule has 1 aliphatic rings.